The lowest BCUT2D eigenvalue weighted by Crippen LogP contribution is -2.19. The van der Waals surface area contributed by atoms with Crippen LogP contribution in [0.15, 0.2) is 31.0 Å². The molecule has 5 nitrogen and oxygen atoms in total. The van der Waals surface area contributed by atoms with Crippen LogP contribution in [-0.4, -0.2) is 26.3 Å². The van der Waals surface area contributed by atoms with Crippen LogP contribution in [0, 0.1) is 0 Å². The van der Waals surface area contributed by atoms with Crippen molar-refractivity contribution in [2.45, 2.75) is 18.3 Å². The minimum atomic E-state index is 0.202. The molecule has 0 aliphatic heterocycles. The number of nitrogens with zero attached hydrogens (tertiary/aromatic N) is 4. The molecule has 0 atom stereocenters. The molecule has 1 saturated carbocycles. The van der Waals surface area contributed by atoms with Gasteiger partial charge in [0.2, 0.25) is 0 Å². The smallest absolute Gasteiger partial charge is 0.155 e. The Bertz CT molecular complexity index is 470. The van der Waals surface area contributed by atoms with Crippen molar-refractivity contribution in [2.75, 3.05) is 6.54 Å². The molecule has 0 saturated heterocycles. The highest BCUT2D eigenvalue weighted by Crippen LogP contribution is 2.46. The maximum absolute atomic E-state index is 5.78. The summed E-state index contributed by atoms with van der Waals surface area (Å²) in [6.45, 7) is 0.706. The van der Waals surface area contributed by atoms with Crippen molar-refractivity contribution >= 4 is 0 Å². The van der Waals surface area contributed by atoms with Gasteiger partial charge in [0.15, 0.2) is 5.82 Å². The molecule has 1 aliphatic carbocycles. The third-order valence-corrected chi connectivity index (χ3v) is 3.26. The molecular weight excluding hydrogens is 202 g/mol. The standard InChI is InChI=1S/C11H13N5/c12-6-11(3-4-11)9-1-2-10(14-5-9)16-8-13-7-15-16/h1-2,5,7-8H,3-4,6,12H2. The van der Waals surface area contributed by atoms with E-state index in [4.69, 9.17) is 5.73 Å². The Balaban J connectivity index is 1.91. The fraction of sp³-hybridized carbons (Fsp3) is 0.364. The fourth-order valence-corrected chi connectivity index (χ4v) is 1.92. The molecule has 82 valence electrons. The quantitative estimate of drug-likeness (QED) is 0.816. The van der Waals surface area contributed by atoms with Crippen molar-refractivity contribution in [3.63, 3.8) is 0 Å². The Hall–Kier alpha value is -1.75. The van der Waals surface area contributed by atoms with E-state index in [2.05, 4.69) is 21.1 Å². The van der Waals surface area contributed by atoms with Crippen LogP contribution in [0.4, 0.5) is 0 Å². The van der Waals surface area contributed by atoms with Gasteiger partial charge in [0, 0.05) is 18.2 Å². The molecule has 0 aromatic carbocycles. The van der Waals surface area contributed by atoms with E-state index in [0.717, 1.165) is 5.82 Å². The second-order valence-corrected chi connectivity index (χ2v) is 4.23. The summed E-state index contributed by atoms with van der Waals surface area (Å²) in [5.41, 5.74) is 7.22. The minimum Gasteiger partial charge on any atom is -0.330 e. The molecule has 0 bridgehead atoms. The van der Waals surface area contributed by atoms with Gasteiger partial charge in [-0.05, 0) is 24.5 Å². The molecule has 0 radical (unpaired) electrons. The highest BCUT2D eigenvalue weighted by Gasteiger charge is 2.42. The van der Waals surface area contributed by atoms with Gasteiger partial charge in [-0.3, -0.25) is 0 Å². The second-order valence-electron chi connectivity index (χ2n) is 4.23. The average molecular weight is 215 g/mol. The lowest BCUT2D eigenvalue weighted by atomic mass is 9.98. The third-order valence-electron chi connectivity index (χ3n) is 3.26. The van der Waals surface area contributed by atoms with Crippen LogP contribution < -0.4 is 5.73 Å². The van der Waals surface area contributed by atoms with Crippen molar-refractivity contribution in [3.05, 3.63) is 36.5 Å². The van der Waals surface area contributed by atoms with Gasteiger partial charge < -0.3 is 5.73 Å². The van der Waals surface area contributed by atoms with Crippen LogP contribution in [0.3, 0.4) is 0 Å². The van der Waals surface area contributed by atoms with E-state index in [-0.39, 0.29) is 5.41 Å². The molecule has 2 N–H and O–H groups in total. The van der Waals surface area contributed by atoms with Crippen molar-refractivity contribution in [1.82, 2.24) is 19.7 Å². The second kappa shape index (κ2) is 3.38. The van der Waals surface area contributed by atoms with E-state index in [1.165, 1.54) is 24.7 Å². The average Bonchev–Trinajstić information content (AvgIpc) is 2.96. The summed E-state index contributed by atoms with van der Waals surface area (Å²) in [6, 6.07) is 4.05. The summed E-state index contributed by atoms with van der Waals surface area (Å²) >= 11 is 0. The summed E-state index contributed by atoms with van der Waals surface area (Å²) < 4.78 is 1.64. The fourth-order valence-electron chi connectivity index (χ4n) is 1.92. The predicted molar refractivity (Wildman–Crippen MR) is 59.1 cm³/mol. The summed E-state index contributed by atoms with van der Waals surface area (Å²) in [5.74, 6) is 0.786. The molecule has 1 aliphatic rings. The minimum absolute atomic E-state index is 0.202. The van der Waals surface area contributed by atoms with Crippen molar-refractivity contribution in [1.29, 1.82) is 0 Å². The van der Waals surface area contributed by atoms with Gasteiger partial charge in [-0.2, -0.15) is 5.10 Å². The van der Waals surface area contributed by atoms with E-state index in [1.807, 2.05) is 12.3 Å². The van der Waals surface area contributed by atoms with Crippen LogP contribution in [-0.2, 0) is 5.41 Å². The number of hydrogen-bond donors (Lipinski definition) is 1. The molecule has 3 rings (SSSR count). The van der Waals surface area contributed by atoms with Crippen LogP contribution in [0.1, 0.15) is 18.4 Å². The van der Waals surface area contributed by atoms with Crippen molar-refractivity contribution in [2.24, 2.45) is 5.73 Å². The molecule has 16 heavy (non-hydrogen) atoms. The molecule has 2 aromatic heterocycles. The Morgan fingerprint density at radius 1 is 1.38 bits per heavy atom. The Morgan fingerprint density at radius 2 is 2.25 bits per heavy atom. The van der Waals surface area contributed by atoms with Gasteiger partial charge in [0.05, 0.1) is 0 Å². The third kappa shape index (κ3) is 1.40. The monoisotopic (exact) mass is 215 g/mol. The normalized spacial score (nSPS) is 17.3. The first kappa shape index (κ1) is 9.47. The molecule has 0 unspecified atom stereocenters. The topological polar surface area (TPSA) is 69.6 Å². The van der Waals surface area contributed by atoms with Gasteiger partial charge in [0.1, 0.15) is 12.7 Å². The highest BCUT2D eigenvalue weighted by molar-refractivity contribution is 5.33. The van der Waals surface area contributed by atoms with Crippen LogP contribution in [0.2, 0.25) is 0 Å². The van der Waals surface area contributed by atoms with E-state index in [0.29, 0.717) is 6.54 Å². The zero-order valence-corrected chi connectivity index (χ0v) is 8.87. The summed E-state index contributed by atoms with van der Waals surface area (Å²) in [7, 11) is 0. The number of aromatic nitrogens is 4. The van der Waals surface area contributed by atoms with Gasteiger partial charge in [-0.25, -0.2) is 14.6 Å². The van der Waals surface area contributed by atoms with E-state index in [1.54, 1.807) is 11.0 Å². The van der Waals surface area contributed by atoms with Gasteiger partial charge in [-0.15, -0.1) is 0 Å². The first-order valence-corrected chi connectivity index (χ1v) is 5.36. The first-order valence-electron chi connectivity index (χ1n) is 5.36. The summed E-state index contributed by atoms with van der Waals surface area (Å²) in [4.78, 5) is 8.27. The van der Waals surface area contributed by atoms with E-state index < -0.39 is 0 Å². The molecule has 0 spiro atoms. The Labute approximate surface area is 93.3 Å². The lowest BCUT2D eigenvalue weighted by Gasteiger charge is -2.12. The number of pyridine rings is 1. The van der Waals surface area contributed by atoms with Gasteiger partial charge in [-0.1, -0.05) is 6.07 Å². The first-order chi connectivity index (χ1) is 7.84. The SMILES string of the molecule is NCC1(c2ccc(-n3cncn3)nc2)CC1. The number of rotatable bonds is 3. The Kier molecular flexibility index (Phi) is 2.00. The van der Waals surface area contributed by atoms with Crippen LogP contribution in [0.5, 0.6) is 0 Å². The van der Waals surface area contributed by atoms with E-state index in [9.17, 15) is 0 Å². The molecule has 2 aromatic rings. The number of hydrogen-bond acceptors (Lipinski definition) is 4. The zero-order chi connectivity index (χ0) is 11.0. The largest absolute Gasteiger partial charge is 0.330 e. The lowest BCUT2D eigenvalue weighted by molar-refractivity contribution is 0.698. The summed E-state index contributed by atoms with van der Waals surface area (Å²) in [5, 5.41) is 4.03. The predicted octanol–water partition coefficient (Wildman–Crippen LogP) is 0.653. The molecule has 5 heteroatoms. The van der Waals surface area contributed by atoms with Crippen LogP contribution in [0.25, 0.3) is 5.82 Å². The van der Waals surface area contributed by atoms with Crippen molar-refractivity contribution in [3.8, 4) is 5.82 Å². The van der Waals surface area contributed by atoms with Crippen molar-refractivity contribution < 1.29 is 0 Å². The molecule has 0 amide bonds. The van der Waals surface area contributed by atoms with Gasteiger partial charge >= 0.3 is 0 Å². The maximum atomic E-state index is 5.78. The summed E-state index contributed by atoms with van der Waals surface area (Å²) in [6.07, 6.45) is 7.38. The molecular formula is C11H13N5. The molecule has 1 fully saturated rings. The molecule has 2 heterocycles. The zero-order valence-electron chi connectivity index (χ0n) is 8.87. The van der Waals surface area contributed by atoms with Crippen LogP contribution >= 0.6 is 0 Å². The number of nitrogens with two attached hydrogens (primary N) is 1. The highest BCUT2D eigenvalue weighted by atomic mass is 15.3. The van der Waals surface area contributed by atoms with E-state index >= 15 is 0 Å². The van der Waals surface area contributed by atoms with Gasteiger partial charge in [0.25, 0.3) is 0 Å². The Morgan fingerprint density at radius 3 is 2.75 bits per heavy atom. The maximum Gasteiger partial charge on any atom is 0.155 e.